The second kappa shape index (κ2) is 9.46. The number of hydrogen-bond acceptors (Lipinski definition) is 7. The number of nitrogens with zero attached hydrogens (tertiary/aromatic N) is 1. The number of allylic oxidation sites excluding steroid dienone is 1. The first-order valence-corrected chi connectivity index (χ1v) is 11.2. The third kappa shape index (κ3) is 4.52. The lowest BCUT2D eigenvalue weighted by Crippen LogP contribution is -2.39. The van der Waals surface area contributed by atoms with Gasteiger partial charge in [-0.05, 0) is 60.2 Å². The maximum absolute atomic E-state index is 13.2. The number of rotatable bonds is 4. The fourth-order valence-electron chi connectivity index (χ4n) is 4.34. The molecule has 1 aliphatic carbocycles. The molecule has 1 aliphatic heterocycles. The topological polar surface area (TPSA) is 116 Å². The van der Waals surface area contributed by atoms with Gasteiger partial charge in [-0.1, -0.05) is 24.3 Å². The molecular formula is C26H23N3O6. The van der Waals surface area contributed by atoms with Crippen LogP contribution in [0.15, 0.2) is 42.5 Å². The molecular weight excluding hydrogens is 450 g/mol. The molecule has 0 atom stereocenters. The third-order valence-corrected chi connectivity index (χ3v) is 5.93. The Morgan fingerprint density at radius 1 is 1.09 bits per heavy atom. The summed E-state index contributed by atoms with van der Waals surface area (Å²) in [6, 6.07) is 12.4. The third-order valence-electron chi connectivity index (χ3n) is 5.93. The number of pyridine rings is 1. The van der Waals surface area contributed by atoms with Gasteiger partial charge in [0, 0.05) is 12.4 Å². The fourth-order valence-corrected chi connectivity index (χ4v) is 4.34. The number of carbonyl (C=O) groups excluding carboxylic acids is 3. The van der Waals surface area contributed by atoms with Crippen LogP contribution in [0.4, 0.5) is 4.79 Å². The van der Waals surface area contributed by atoms with Crippen LogP contribution in [0, 0.1) is 0 Å². The number of ether oxygens (including phenoxy) is 3. The molecule has 0 fully saturated rings. The van der Waals surface area contributed by atoms with E-state index in [-0.39, 0.29) is 6.79 Å². The van der Waals surface area contributed by atoms with Crippen LogP contribution in [-0.4, -0.2) is 43.3 Å². The number of para-hydroxylation sites is 1. The predicted molar refractivity (Wildman–Crippen MR) is 128 cm³/mol. The number of benzene rings is 2. The smallest absolute Gasteiger partial charge is 0.339 e. The first-order chi connectivity index (χ1) is 17.0. The normalized spacial score (nSPS) is 14.9. The van der Waals surface area contributed by atoms with Gasteiger partial charge in [-0.15, -0.1) is 0 Å². The lowest BCUT2D eigenvalue weighted by atomic mass is 9.86. The lowest BCUT2D eigenvalue weighted by molar-refractivity contribution is -0.123. The van der Waals surface area contributed by atoms with Gasteiger partial charge in [0.1, 0.15) is 0 Å². The maximum Gasteiger partial charge on any atom is 0.339 e. The molecule has 0 saturated carbocycles. The van der Waals surface area contributed by atoms with E-state index in [9.17, 15) is 14.4 Å². The molecule has 1 aromatic heterocycles. The average Bonchev–Trinajstić information content (AvgIpc) is 3.34. The van der Waals surface area contributed by atoms with Gasteiger partial charge >= 0.3 is 12.0 Å². The van der Waals surface area contributed by atoms with Crippen LogP contribution in [0.25, 0.3) is 22.6 Å². The van der Waals surface area contributed by atoms with Gasteiger partial charge in [-0.2, -0.15) is 0 Å². The number of imide groups is 1. The van der Waals surface area contributed by atoms with Crippen LogP contribution in [0.3, 0.4) is 0 Å². The summed E-state index contributed by atoms with van der Waals surface area (Å²) in [6.07, 6.45) is 4.34. The predicted octanol–water partition coefficient (Wildman–Crippen LogP) is 3.45. The van der Waals surface area contributed by atoms with E-state index in [1.165, 1.54) is 7.05 Å². The number of amides is 3. The monoisotopic (exact) mass is 473 g/mol. The standard InChI is InChI=1S/C26H23N3O6/c1-27-26(32)29-22(30)13-33-25(31)23-17-6-2-3-8-19(17)28-24-16(5-4-7-18(23)24)11-15-9-10-20-21(12-15)35-14-34-20/h2-3,6,8-12H,4-5,7,13-14H2,1H3,(H2,27,29,30,32)/b16-11+. The highest BCUT2D eigenvalue weighted by Crippen LogP contribution is 2.38. The summed E-state index contributed by atoms with van der Waals surface area (Å²) in [5, 5.41) is 5.02. The summed E-state index contributed by atoms with van der Waals surface area (Å²) in [6.45, 7) is -0.365. The van der Waals surface area contributed by atoms with E-state index in [1.54, 1.807) is 0 Å². The molecule has 0 spiro atoms. The molecule has 3 amide bonds. The summed E-state index contributed by atoms with van der Waals surface area (Å²) < 4.78 is 16.2. The highest BCUT2D eigenvalue weighted by atomic mass is 16.7. The molecule has 178 valence electrons. The summed E-state index contributed by atoms with van der Waals surface area (Å²) in [5.41, 5.74) is 4.54. The zero-order valence-electron chi connectivity index (χ0n) is 19.1. The van der Waals surface area contributed by atoms with Gasteiger partial charge < -0.3 is 19.5 Å². The van der Waals surface area contributed by atoms with Gasteiger partial charge in [0.15, 0.2) is 18.1 Å². The van der Waals surface area contributed by atoms with Crippen LogP contribution in [-0.2, 0) is 16.0 Å². The van der Waals surface area contributed by atoms with E-state index in [0.29, 0.717) is 34.4 Å². The van der Waals surface area contributed by atoms with Crippen molar-refractivity contribution in [2.45, 2.75) is 19.3 Å². The molecule has 2 aromatic carbocycles. The zero-order valence-corrected chi connectivity index (χ0v) is 19.1. The zero-order chi connectivity index (χ0) is 24.4. The minimum absolute atomic E-state index is 0.207. The summed E-state index contributed by atoms with van der Waals surface area (Å²) in [7, 11) is 1.39. The van der Waals surface area contributed by atoms with Crippen molar-refractivity contribution in [1.29, 1.82) is 0 Å². The number of esters is 1. The Labute approximate surface area is 201 Å². The summed E-state index contributed by atoms with van der Waals surface area (Å²) in [5.74, 6) is 0.0662. The average molecular weight is 473 g/mol. The summed E-state index contributed by atoms with van der Waals surface area (Å²) in [4.78, 5) is 41.4. The molecule has 0 radical (unpaired) electrons. The highest BCUT2D eigenvalue weighted by Gasteiger charge is 2.26. The Morgan fingerprint density at radius 2 is 1.91 bits per heavy atom. The Morgan fingerprint density at radius 3 is 2.77 bits per heavy atom. The van der Waals surface area contributed by atoms with Crippen molar-refractivity contribution in [2.75, 3.05) is 20.4 Å². The van der Waals surface area contributed by atoms with Crippen LogP contribution in [0.2, 0.25) is 0 Å². The van der Waals surface area contributed by atoms with Crippen molar-refractivity contribution < 1.29 is 28.6 Å². The van der Waals surface area contributed by atoms with Crippen LogP contribution >= 0.6 is 0 Å². The Balaban J connectivity index is 1.51. The number of carbonyl (C=O) groups is 3. The number of nitrogens with one attached hydrogen (secondary N) is 2. The van der Waals surface area contributed by atoms with Crippen molar-refractivity contribution in [3.05, 3.63) is 64.8 Å². The molecule has 2 N–H and O–H groups in total. The van der Waals surface area contributed by atoms with E-state index >= 15 is 0 Å². The van der Waals surface area contributed by atoms with E-state index in [1.807, 2.05) is 48.5 Å². The van der Waals surface area contributed by atoms with Crippen LogP contribution in [0.5, 0.6) is 11.5 Å². The second-order valence-electron chi connectivity index (χ2n) is 8.17. The quantitative estimate of drug-likeness (QED) is 0.558. The minimum atomic E-state index is -0.715. The lowest BCUT2D eigenvalue weighted by Gasteiger charge is -2.22. The second-order valence-corrected chi connectivity index (χ2v) is 8.17. The largest absolute Gasteiger partial charge is 0.454 e. The molecule has 0 bridgehead atoms. The number of urea groups is 1. The Hall–Kier alpha value is -4.40. The van der Waals surface area contributed by atoms with Crippen molar-refractivity contribution in [2.24, 2.45) is 0 Å². The molecule has 3 aromatic rings. The summed E-state index contributed by atoms with van der Waals surface area (Å²) >= 11 is 0. The van der Waals surface area contributed by atoms with Gasteiger partial charge in [0.05, 0.1) is 16.8 Å². The van der Waals surface area contributed by atoms with Gasteiger partial charge in [0.2, 0.25) is 6.79 Å². The van der Waals surface area contributed by atoms with Gasteiger partial charge in [-0.25, -0.2) is 14.6 Å². The molecule has 0 saturated heterocycles. The molecule has 0 unspecified atom stereocenters. The molecule has 35 heavy (non-hydrogen) atoms. The molecule has 9 nitrogen and oxygen atoms in total. The number of fused-ring (bicyclic) bond motifs is 3. The molecule has 2 aliphatic rings. The minimum Gasteiger partial charge on any atom is -0.454 e. The van der Waals surface area contributed by atoms with E-state index in [2.05, 4.69) is 10.6 Å². The highest BCUT2D eigenvalue weighted by molar-refractivity contribution is 6.07. The van der Waals surface area contributed by atoms with E-state index in [4.69, 9.17) is 19.2 Å². The van der Waals surface area contributed by atoms with Gasteiger partial charge in [-0.3, -0.25) is 10.1 Å². The van der Waals surface area contributed by atoms with Gasteiger partial charge in [0.25, 0.3) is 5.91 Å². The van der Waals surface area contributed by atoms with E-state index in [0.717, 1.165) is 35.2 Å². The fraction of sp³-hybridized carbons (Fsp3) is 0.231. The first-order valence-electron chi connectivity index (χ1n) is 11.2. The van der Waals surface area contributed by atoms with Crippen molar-refractivity contribution in [3.63, 3.8) is 0 Å². The molecule has 9 heteroatoms. The first kappa shape index (κ1) is 22.4. The van der Waals surface area contributed by atoms with Crippen LogP contribution in [0.1, 0.15) is 40.0 Å². The van der Waals surface area contributed by atoms with Crippen LogP contribution < -0.4 is 20.1 Å². The molecule has 5 rings (SSSR count). The van der Waals surface area contributed by atoms with E-state index < -0.39 is 24.5 Å². The van der Waals surface area contributed by atoms with Crippen molar-refractivity contribution in [3.8, 4) is 11.5 Å². The SMILES string of the molecule is CNC(=O)NC(=O)COC(=O)c1c2c(nc3ccccc13)/C(=C/c1ccc3c(c1)OCO3)CCC2. The number of aromatic nitrogens is 1. The molecule has 2 heterocycles. The maximum atomic E-state index is 13.2. The number of hydrogen-bond donors (Lipinski definition) is 2. The Bertz CT molecular complexity index is 1380. The Kier molecular flexibility index (Phi) is 6.05. The van der Waals surface area contributed by atoms with Crippen molar-refractivity contribution in [1.82, 2.24) is 15.6 Å². The van der Waals surface area contributed by atoms with Crippen molar-refractivity contribution >= 4 is 40.5 Å².